The number of isocyanates is 1. The van der Waals surface area contributed by atoms with Crippen molar-refractivity contribution >= 4 is 27.7 Å². The van der Waals surface area contributed by atoms with Gasteiger partial charge < -0.3 is 9.47 Å². The molecule has 0 bridgehead atoms. The van der Waals surface area contributed by atoms with Gasteiger partial charge in [-0.2, -0.15) is 4.99 Å². The summed E-state index contributed by atoms with van der Waals surface area (Å²) in [6.45, 7) is 0.160. The van der Waals surface area contributed by atoms with Gasteiger partial charge in [0, 0.05) is 4.47 Å². The zero-order valence-corrected chi connectivity index (χ0v) is 8.00. The minimum Gasteiger partial charge on any atom is -0.454 e. The number of carbonyl (C=O) groups excluding carboxylic acids is 1. The van der Waals surface area contributed by atoms with Gasteiger partial charge >= 0.3 is 0 Å². The van der Waals surface area contributed by atoms with E-state index in [1.54, 1.807) is 12.1 Å². The highest BCUT2D eigenvalue weighted by Crippen LogP contribution is 2.44. The predicted octanol–water partition coefficient (Wildman–Crippen LogP) is 2.15. The van der Waals surface area contributed by atoms with Gasteiger partial charge in [-0.3, -0.25) is 0 Å². The molecule has 1 aliphatic rings. The molecular weight excluding hydrogens is 238 g/mol. The van der Waals surface area contributed by atoms with Gasteiger partial charge in [0.25, 0.3) is 0 Å². The lowest BCUT2D eigenvalue weighted by atomic mass is 10.3. The first-order chi connectivity index (χ1) is 6.33. The Morgan fingerprint density at radius 2 is 2.31 bits per heavy atom. The molecular formula is C8H4BrNO3. The summed E-state index contributed by atoms with van der Waals surface area (Å²) < 4.78 is 10.9. The summed E-state index contributed by atoms with van der Waals surface area (Å²) in [5.41, 5.74) is 0.421. The Hall–Kier alpha value is -1.32. The fraction of sp³-hybridized carbons (Fsp3) is 0.125. The maximum Gasteiger partial charge on any atom is 0.240 e. The van der Waals surface area contributed by atoms with Crippen LogP contribution in [0.2, 0.25) is 0 Å². The van der Waals surface area contributed by atoms with Crippen LogP contribution in [0.25, 0.3) is 0 Å². The third kappa shape index (κ3) is 1.32. The molecule has 0 unspecified atom stereocenters. The van der Waals surface area contributed by atoms with Crippen LogP contribution in [0.15, 0.2) is 21.6 Å². The summed E-state index contributed by atoms with van der Waals surface area (Å²) in [7, 11) is 0. The van der Waals surface area contributed by atoms with Crippen molar-refractivity contribution in [3.63, 3.8) is 0 Å². The van der Waals surface area contributed by atoms with E-state index in [9.17, 15) is 4.79 Å². The molecule has 0 N–H and O–H groups in total. The van der Waals surface area contributed by atoms with Crippen LogP contribution in [-0.2, 0) is 4.79 Å². The van der Waals surface area contributed by atoms with Crippen molar-refractivity contribution in [1.29, 1.82) is 0 Å². The first-order valence-electron chi connectivity index (χ1n) is 3.49. The molecule has 13 heavy (non-hydrogen) atoms. The first kappa shape index (κ1) is 8.29. The van der Waals surface area contributed by atoms with Gasteiger partial charge in [0.1, 0.15) is 5.69 Å². The van der Waals surface area contributed by atoms with E-state index in [4.69, 9.17) is 9.47 Å². The number of aliphatic imine (C=N–C) groups is 1. The second-order valence-electron chi connectivity index (χ2n) is 2.33. The van der Waals surface area contributed by atoms with Crippen LogP contribution >= 0.6 is 15.9 Å². The highest BCUT2D eigenvalue weighted by atomic mass is 79.9. The third-order valence-corrected chi connectivity index (χ3v) is 2.26. The van der Waals surface area contributed by atoms with E-state index < -0.39 is 0 Å². The van der Waals surface area contributed by atoms with Crippen molar-refractivity contribution in [3.05, 3.63) is 16.6 Å². The van der Waals surface area contributed by atoms with Crippen molar-refractivity contribution in [1.82, 2.24) is 0 Å². The Kier molecular flexibility index (Phi) is 2.04. The Bertz CT molecular complexity index is 399. The normalized spacial score (nSPS) is 12.4. The Morgan fingerprint density at radius 3 is 3.08 bits per heavy atom. The van der Waals surface area contributed by atoms with E-state index in [1.807, 2.05) is 0 Å². The zero-order chi connectivity index (χ0) is 9.26. The van der Waals surface area contributed by atoms with Gasteiger partial charge in [0.05, 0.1) is 0 Å². The Balaban J connectivity index is 2.64. The molecule has 2 rings (SSSR count). The number of halogens is 1. The minimum atomic E-state index is 0.160. The van der Waals surface area contributed by atoms with Gasteiger partial charge in [0.2, 0.25) is 12.9 Å². The monoisotopic (exact) mass is 241 g/mol. The second kappa shape index (κ2) is 3.20. The topological polar surface area (TPSA) is 47.9 Å². The molecule has 0 radical (unpaired) electrons. The average molecular weight is 242 g/mol. The molecule has 0 saturated heterocycles. The summed E-state index contributed by atoms with van der Waals surface area (Å²) in [6.07, 6.45) is 1.46. The summed E-state index contributed by atoms with van der Waals surface area (Å²) in [5, 5.41) is 0. The van der Waals surface area contributed by atoms with Crippen LogP contribution in [-0.4, -0.2) is 12.9 Å². The predicted molar refractivity (Wildman–Crippen MR) is 48.0 cm³/mol. The molecule has 0 atom stereocenters. The van der Waals surface area contributed by atoms with Crippen molar-refractivity contribution < 1.29 is 14.3 Å². The lowest BCUT2D eigenvalue weighted by Crippen LogP contribution is -1.93. The van der Waals surface area contributed by atoms with E-state index in [-0.39, 0.29) is 6.79 Å². The lowest BCUT2D eigenvalue weighted by Gasteiger charge is -2.00. The molecule has 0 amide bonds. The van der Waals surface area contributed by atoms with Crippen LogP contribution in [0.3, 0.4) is 0 Å². The molecule has 1 aromatic carbocycles. The molecule has 0 fully saturated rings. The van der Waals surface area contributed by atoms with Gasteiger partial charge in [0.15, 0.2) is 11.5 Å². The molecule has 0 saturated carbocycles. The first-order valence-corrected chi connectivity index (χ1v) is 4.28. The molecule has 0 aromatic heterocycles. The van der Waals surface area contributed by atoms with Crippen LogP contribution in [0.1, 0.15) is 0 Å². The van der Waals surface area contributed by atoms with E-state index >= 15 is 0 Å². The van der Waals surface area contributed by atoms with Crippen molar-refractivity contribution in [2.45, 2.75) is 0 Å². The number of hydrogen-bond donors (Lipinski definition) is 0. The van der Waals surface area contributed by atoms with E-state index in [0.717, 1.165) is 0 Å². The number of hydrogen-bond acceptors (Lipinski definition) is 4. The highest BCUT2D eigenvalue weighted by Gasteiger charge is 2.19. The van der Waals surface area contributed by atoms with Gasteiger partial charge in [-0.15, -0.1) is 0 Å². The molecule has 66 valence electrons. The Morgan fingerprint density at radius 1 is 1.46 bits per heavy atom. The van der Waals surface area contributed by atoms with E-state index in [1.165, 1.54) is 6.08 Å². The molecule has 5 heteroatoms. The molecule has 4 nitrogen and oxygen atoms in total. The number of ether oxygens (including phenoxy) is 2. The van der Waals surface area contributed by atoms with Gasteiger partial charge in [-0.1, -0.05) is 0 Å². The zero-order valence-electron chi connectivity index (χ0n) is 6.41. The maximum absolute atomic E-state index is 10.1. The minimum absolute atomic E-state index is 0.160. The highest BCUT2D eigenvalue weighted by molar-refractivity contribution is 9.10. The van der Waals surface area contributed by atoms with Crippen molar-refractivity contribution in [2.24, 2.45) is 4.99 Å². The second-order valence-corrected chi connectivity index (χ2v) is 3.19. The summed E-state index contributed by atoms with van der Waals surface area (Å²) in [4.78, 5) is 13.6. The quantitative estimate of drug-likeness (QED) is 0.559. The number of benzene rings is 1. The maximum atomic E-state index is 10.1. The molecule has 1 aromatic rings. The molecule has 1 heterocycles. The molecule has 1 aliphatic heterocycles. The molecule has 0 aliphatic carbocycles. The average Bonchev–Trinajstić information content (AvgIpc) is 2.58. The van der Waals surface area contributed by atoms with Gasteiger partial charge in [-0.25, -0.2) is 4.79 Å². The van der Waals surface area contributed by atoms with Crippen molar-refractivity contribution in [2.75, 3.05) is 6.79 Å². The van der Waals surface area contributed by atoms with Crippen molar-refractivity contribution in [3.8, 4) is 11.5 Å². The summed E-state index contributed by atoms with van der Waals surface area (Å²) >= 11 is 3.24. The smallest absolute Gasteiger partial charge is 0.240 e. The van der Waals surface area contributed by atoms with E-state index in [0.29, 0.717) is 21.7 Å². The largest absolute Gasteiger partial charge is 0.454 e. The van der Waals surface area contributed by atoms with E-state index in [2.05, 4.69) is 20.9 Å². The number of rotatable bonds is 1. The van der Waals surface area contributed by atoms with Crippen LogP contribution in [0.5, 0.6) is 11.5 Å². The lowest BCUT2D eigenvalue weighted by molar-refractivity contribution is 0.174. The summed E-state index contributed by atoms with van der Waals surface area (Å²) in [6, 6.07) is 3.49. The SMILES string of the molecule is O=C=Nc1c(Br)ccc2c1OCO2. The van der Waals surface area contributed by atoms with Crippen LogP contribution < -0.4 is 9.47 Å². The number of nitrogens with zero attached hydrogens (tertiary/aromatic N) is 1. The fourth-order valence-corrected chi connectivity index (χ4v) is 1.48. The van der Waals surface area contributed by atoms with Gasteiger partial charge in [-0.05, 0) is 28.1 Å². The standard InChI is InChI=1S/C8H4BrNO3/c9-5-1-2-6-8(13-4-12-6)7(5)10-3-11/h1-2H,4H2. The number of fused-ring (bicyclic) bond motifs is 1. The fourth-order valence-electron chi connectivity index (χ4n) is 1.08. The van der Waals surface area contributed by atoms with Crippen LogP contribution in [0, 0.1) is 0 Å². The third-order valence-electron chi connectivity index (χ3n) is 1.62. The van der Waals surface area contributed by atoms with Crippen LogP contribution in [0.4, 0.5) is 5.69 Å². The molecule has 0 spiro atoms. The Labute approximate surface area is 82.3 Å². The summed E-state index contributed by atoms with van der Waals surface area (Å²) in [5.74, 6) is 1.08.